The Balaban J connectivity index is 1.83. The van der Waals surface area contributed by atoms with Crippen LogP contribution in [0.4, 0.5) is 17.1 Å². The first-order valence-electron chi connectivity index (χ1n) is 10.4. The first-order valence-corrected chi connectivity index (χ1v) is 12.7. The number of nitrogens with zero attached hydrogens (tertiary/aromatic N) is 1. The summed E-state index contributed by atoms with van der Waals surface area (Å²) in [5.41, 5.74) is 4.69. The Morgan fingerprint density at radius 1 is 1.23 bits per heavy atom. The summed E-state index contributed by atoms with van der Waals surface area (Å²) in [5, 5.41) is 6.70. The lowest BCUT2D eigenvalue weighted by molar-refractivity contribution is 0.416. The van der Waals surface area contributed by atoms with E-state index in [4.69, 9.17) is 21.9 Å². The predicted molar refractivity (Wildman–Crippen MR) is 132 cm³/mol. The predicted octanol–water partition coefficient (Wildman–Crippen LogP) is 5.36. The fourth-order valence-corrected chi connectivity index (χ4v) is 4.73. The molecule has 0 aliphatic carbocycles. The molecule has 0 saturated carbocycles. The van der Waals surface area contributed by atoms with Crippen LogP contribution >= 0.6 is 12.2 Å². The first kappa shape index (κ1) is 23.2. The average molecular weight is 460 g/mol. The van der Waals surface area contributed by atoms with Crippen LogP contribution in [0.5, 0.6) is 5.75 Å². The summed E-state index contributed by atoms with van der Waals surface area (Å²) in [4.78, 5) is 5.08. The summed E-state index contributed by atoms with van der Waals surface area (Å²) in [5.74, 6) is 1.00. The van der Waals surface area contributed by atoms with Crippen molar-refractivity contribution in [3.05, 3.63) is 42.0 Å². The number of benzene rings is 2. The first-order chi connectivity index (χ1) is 14.7. The zero-order valence-corrected chi connectivity index (χ0v) is 20.0. The van der Waals surface area contributed by atoms with E-state index in [-0.39, 0.29) is 4.90 Å². The molecule has 3 rings (SSSR count). The molecule has 0 radical (unpaired) electrons. The normalized spacial score (nSPS) is 16.0. The summed E-state index contributed by atoms with van der Waals surface area (Å²) < 4.78 is 29.2. The van der Waals surface area contributed by atoms with Crippen molar-refractivity contribution in [2.75, 3.05) is 24.0 Å². The molecule has 0 spiro atoms. The van der Waals surface area contributed by atoms with Crippen molar-refractivity contribution in [2.45, 2.75) is 44.4 Å². The summed E-state index contributed by atoms with van der Waals surface area (Å²) in [7, 11) is -1.82. The van der Waals surface area contributed by atoms with Crippen molar-refractivity contribution >= 4 is 49.9 Å². The number of aliphatic imine (C=N–C) groups is 1. The van der Waals surface area contributed by atoms with Crippen LogP contribution in [-0.2, 0) is 16.3 Å². The number of rotatable bonds is 6. The van der Waals surface area contributed by atoms with Crippen molar-refractivity contribution in [1.82, 2.24) is 0 Å². The minimum absolute atomic E-state index is 0.193. The Morgan fingerprint density at radius 2 is 1.97 bits per heavy atom. The molecule has 1 atom stereocenters. The minimum atomic E-state index is -3.35. The van der Waals surface area contributed by atoms with Gasteiger partial charge in [-0.1, -0.05) is 19.4 Å². The Kier molecular flexibility index (Phi) is 7.33. The van der Waals surface area contributed by atoms with Gasteiger partial charge in [0, 0.05) is 23.2 Å². The highest BCUT2D eigenvalue weighted by Crippen LogP contribution is 2.34. The van der Waals surface area contributed by atoms with E-state index in [0.717, 1.165) is 42.6 Å². The number of hydrogen-bond acceptors (Lipinski definition) is 5. The largest absolute Gasteiger partial charge is 0.495 e. The van der Waals surface area contributed by atoms with Gasteiger partial charge in [0.2, 0.25) is 0 Å². The van der Waals surface area contributed by atoms with Gasteiger partial charge in [-0.25, -0.2) is 8.42 Å². The summed E-state index contributed by atoms with van der Waals surface area (Å²) in [6.07, 6.45) is 5.42. The van der Waals surface area contributed by atoms with Gasteiger partial charge in [-0.2, -0.15) is 0 Å². The van der Waals surface area contributed by atoms with Gasteiger partial charge in [0.05, 0.1) is 23.4 Å². The van der Waals surface area contributed by atoms with Crippen LogP contribution in [-0.4, -0.2) is 32.6 Å². The van der Waals surface area contributed by atoms with Gasteiger partial charge in [-0.3, -0.25) is 4.99 Å². The zero-order chi connectivity index (χ0) is 22.6. The number of hydrogen-bond donors (Lipinski definition) is 2. The van der Waals surface area contributed by atoms with Crippen LogP contribution in [0.3, 0.4) is 0 Å². The van der Waals surface area contributed by atoms with Gasteiger partial charge < -0.3 is 15.4 Å². The SMILES string of the molecule is CCCC1CCc2c(cccc2NC(=S)Nc2cc(S(C)(=O)=O)ccc2OC)N=C1C. The van der Waals surface area contributed by atoms with Crippen molar-refractivity contribution in [3.8, 4) is 5.75 Å². The second-order valence-corrected chi connectivity index (χ2v) is 10.2. The van der Waals surface area contributed by atoms with E-state index in [9.17, 15) is 8.42 Å². The molecule has 2 aromatic carbocycles. The molecule has 1 unspecified atom stereocenters. The average Bonchev–Trinajstić information content (AvgIpc) is 2.87. The van der Waals surface area contributed by atoms with Gasteiger partial charge in [0.25, 0.3) is 0 Å². The maximum absolute atomic E-state index is 11.9. The Labute approximate surface area is 190 Å². The smallest absolute Gasteiger partial charge is 0.175 e. The molecule has 0 aromatic heterocycles. The molecule has 166 valence electrons. The van der Waals surface area contributed by atoms with E-state index in [1.54, 1.807) is 6.07 Å². The Bertz CT molecular complexity index is 1110. The van der Waals surface area contributed by atoms with Gasteiger partial charge in [0.15, 0.2) is 14.9 Å². The lowest BCUT2D eigenvalue weighted by atomic mass is 9.92. The molecule has 1 aliphatic heterocycles. The van der Waals surface area contributed by atoms with Crippen LogP contribution in [0.1, 0.15) is 38.7 Å². The number of nitrogens with one attached hydrogen (secondary N) is 2. The van der Waals surface area contributed by atoms with Crippen LogP contribution in [0.15, 0.2) is 46.3 Å². The molecule has 0 amide bonds. The highest BCUT2D eigenvalue weighted by atomic mass is 32.2. The number of methoxy groups -OCH3 is 1. The highest BCUT2D eigenvalue weighted by Gasteiger charge is 2.20. The number of anilines is 2. The Hall–Kier alpha value is -2.45. The highest BCUT2D eigenvalue weighted by molar-refractivity contribution is 7.90. The van der Waals surface area contributed by atoms with Crippen LogP contribution in [0.25, 0.3) is 0 Å². The number of fused-ring (bicyclic) bond motifs is 1. The maximum atomic E-state index is 11.9. The summed E-state index contributed by atoms with van der Waals surface area (Å²) >= 11 is 5.53. The minimum Gasteiger partial charge on any atom is -0.495 e. The maximum Gasteiger partial charge on any atom is 0.175 e. The molecule has 6 nitrogen and oxygen atoms in total. The van der Waals surface area contributed by atoms with E-state index < -0.39 is 9.84 Å². The van der Waals surface area contributed by atoms with Crippen molar-refractivity contribution < 1.29 is 13.2 Å². The van der Waals surface area contributed by atoms with E-state index in [1.165, 1.54) is 31.2 Å². The van der Waals surface area contributed by atoms with Gasteiger partial charge in [-0.15, -0.1) is 0 Å². The lowest BCUT2D eigenvalue weighted by Gasteiger charge is -2.17. The van der Waals surface area contributed by atoms with E-state index in [1.807, 2.05) is 18.2 Å². The molecule has 0 bridgehead atoms. The van der Waals surface area contributed by atoms with Gasteiger partial charge >= 0.3 is 0 Å². The molecule has 2 N–H and O–H groups in total. The third-order valence-electron chi connectivity index (χ3n) is 5.51. The molecular weight excluding hydrogens is 430 g/mol. The number of thiocarbonyl (C=S) groups is 1. The molecule has 2 aromatic rings. The van der Waals surface area contributed by atoms with Crippen LogP contribution in [0.2, 0.25) is 0 Å². The van der Waals surface area contributed by atoms with Crippen molar-refractivity contribution in [1.29, 1.82) is 0 Å². The molecule has 0 saturated heterocycles. The number of sulfone groups is 1. The lowest BCUT2D eigenvalue weighted by Crippen LogP contribution is -2.20. The fourth-order valence-electron chi connectivity index (χ4n) is 3.86. The molecule has 1 heterocycles. The van der Waals surface area contributed by atoms with E-state index in [2.05, 4.69) is 24.5 Å². The van der Waals surface area contributed by atoms with Gasteiger partial charge in [0.1, 0.15) is 5.75 Å². The van der Waals surface area contributed by atoms with Crippen molar-refractivity contribution in [2.24, 2.45) is 10.9 Å². The molecule has 31 heavy (non-hydrogen) atoms. The van der Waals surface area contributed by atoms with E-state index >= 15 is 0 Å². The molecule has 8 heteroatoms. The van der Waals surface area contributed by atoms with E-state index in [0.29, 0.717) is 22.5 Å². The monoisotopic (exact) mass is 459 g/mol. The molecular formula is C23H29N3O3S2. The van der Waals surface area contributed by atoms with Crippen LogP contribution < -0.4 is 15.4 Å². The van der Waals surface area contributed by atoms with Crippen LogP contribution in [0, 0.1) is 5.92 Å². The topological polar surface area (TPSA) is 79.8 Å². The second kappa shape index (κ2) is 9.78. The summed E-state index contributed by atoms with van der Waals surface area (Å²) in [6.45, 7) is 4.32. The molecule has 0 fully saturated rings. The molecule has 1 aliphatic rings. The Morgan fingerprint density at radius 3 is 2.65 bits per heavy atom. The quantitative estimate of drug-likeness (QED) is 0.566. The zero-order valence-electron chi connectivity index (χ0n) is 18.4. The third kappa shape index (κ3) is 5.62. The number of ether oxygens (including phenoxy) is 1. The standard InChI is InChI=1S/C23H29N3O3S2/c1-5-7-16-10-12-18-19(24-15(16)2)8-6-9-20(18)25-23(30)26-21-14-17(31(4,27)28)11-13-22(21)29-3/h6,8-9,11,13-14,16H,5,7,10,12H2,1-4H3,(H2,25,26,30). The summed E-state index contributed by atoms with van der Waals surface area (Å²) in [6, 6.07) is 10.6. The second-order valence-electron chi connectivity index (χ2n) is 7.79. The fraction of sp³-hybridized carbons (Fsp3) is 0.391. The van der Waals surface area contributed by atoms with Gasteiger partial charge in [-0.05, 0) is 74.7 Å². The van der Waals surface area contributed by atoms with Crippen molar-refractivity contribution in [3.63, 3.8) is 0 Å². The third-order valence-corrected chi connectivity index (χ3v) is 6.83.